The van der Waals surface area contributed by atoms with Crippen molar-refractivity contribution >= 4 is 17.4 Å². The Labute approximate surface area is 186 Å². The fraction of sp³-hybridized carbons (Fsp3) is 0.500. The van der Waals surface area contributed by atoms with Crippen molar-refractivity contribution in [3.63, 3.8) is 0 Å². The number of anilines is 1. The zero-order valence-electron chi connectivity index (χ0n) is 19.0. The van der Waals surface area contributed by atoms with Crippen LogP contribution in [0.1, 0.15) is 58.4 Å². The van der Waals surface area contributed by atoms with Gasteiger partial charge in [-0.2, -0.15) is 0 Å². The Bertz CT molecular complexity index is 1000. The van der Waals surface area contributed by atoms with Gasteiger partial charge in [0.05, 0.1) is 0 Å². The highest BCUT2D eigenvalue weighted by molar-refractivity contribution is 6.15. The van der Waals surface area contributed by atoms with Gasteiger partial charge in [0, 0.05) is 28.5 Å². The summed E-state index contributed by atoms with van der Waals surface area (Å²) >= 11 is 0. The van der Waals surface area contributed by atoms with E-state index in [4.69, 9.17) is 9.98 Å². The number of hydrogen-bond donors (Lipinski definition) is 0. The first-order valence-electron chi connectivity index (χ1n) is 12.0. The van der Waals surface area contributed by atoms with Crippen molar-refractivity contribution in [3.8, 4) is 0 Å². The molecule has 4 saturated carbocycles. The summed E-state index contributed by atoms with van der Waals surface area (Å²) in [5.41, 5.74) is 2.11. The van der Waals surface area contributed by atoms with Crippen LogP contribution in [-0.4, -0.2) is 17.3 Å². The zero-order chi connectivity index (χ0) is 21.2. The van der Waals surface area contributed by atoms with Crippen LogP contribution in [0.5, 0.6) is 0 Å². The molecule has 0 atom stereocenters. The van der Waals surface area contributed by atoms with Gasteiger partial charge in [0.2, 0.25) is 0 Å². The predicted octanol–water partition coefficient (Wildman–Crippen LogP) is 6.55. The highest BCUT2D eigenvalue weighted by Crippen LogP contribution is 2.62. The lowest BCUT2D eigenvalue weighted by atomic mass is 9.50. The molecule has 3 nitrogen and oxygen atoms in total. The van der Waals surface area contributed by atoms with E-state index in [0.717, 1.165) is 23.2 Å². The van der Waals surface area contributed by atoms with Crippen LogP contribution in [0.4, 0.5) is 5.69 Å². The third-order valence-corrected chi connectivity index (χ3v) is 8.12. The lowest BCUT2D eigenvalue weighted by Gasteiger charge is -2.64. The molecule has 7 rings (SSSR count). The Hall–Kier alpha value is -2.42. The highest BCUT2D eigenvalue weighted by atomic mass is 15.4. The van der Waals surface area contributed by atoms with Crippen molar-refractivity contribution < 1.29 is 0 Å². The Balaban J connectivity index is 1.60. The molecule has 1 aliphatic heterocycles. The molecule has 5 aliphatic rings. The number of aliphatic imine (C=N–C) groups is 2. The third kappa shape index (κ3) is 2.92. The van der Waals surface area contributed by atoms with E-state index in [1.807, 2.05) is 0 Å². The van der Waals surface area contributed by atoms with E-state index in [1.54, 1.807) is 0 Å². The number of rotatable bonds is 2. The van der Waals surface area contributed by atoms with Crippen molar-refractivity contribution in [2.75, 3.05) is 4.90 Å². The van der Waals surface area contributed by atoms with Gasteiger partial charge in [-0.1, -0.05) is 69.3 Å². The second-order valence-electron chi connectivity index (χ2n) is 11.2. The van der Waals surface area contributed by atoms with Crippen LogP contribution in [0.25, 0.3) is 0 Å². The number of amidine groups is 2. The third-order valence-electron chi connectivity index (χ3n) is 8.12. The Morgan fingerprint density at radius 1 is 0.774 bits per heavy atom. The molecule has 1 spiro atoms. The summed E-state index contributed by atoms with van der Waals surface area (Å²) in [7, 11) is 0. The van der Waals surface area contributed by atoms with E-state index >= 15 is 0 Å². The van der Waals surface area contributed by atoms with Crippen LogP contribution in [0.3, 0.4) is 0 Å². The minimum Gasteiger partial charge on any atom is -0.303 e. The highest BCUT2D eigenvalue weighted by Gasteiger charge is 2.62. The van der Waals surface area contributed by atoms with E-state index in [9.17, 15) is 0 Å². The van der Waals surface area contributed by atoms with E-state index in [1.165, 1.54) is 43.6 Å². The summed E-state index contributed by atoms with van der Waals surface area (Å²) < 4.78 is 0. The van der Waals surface area contributed by atoms with Gasteiger partial charge in [-0.05, 0) is 56.1 Å². The van der Waals surface area contributed by atoms with Crippen molar-refractivity contribution in [1.82, 2.24) is 0 Å². The molecule has 1 heterocycles. The summed E-state index contributed by atoms with van der Waals surface area (Å²) in [5.74, 6) is 5.12. The quantitative estimate of drug-likeness (QED) is 0.550. The van der Waals surface area contributed by atoms with E-state index < -0.39 is 0 Å². The van der Waals surface area contributed by atoms with Gasteiger partial charge in [0.25, 0.3) is 0 Å². The van der Waals surface area contributed by atoms with Crippen molar-refractivity contribution in [1.29, 1.82) is 0 Å². The molecule has 2 aromatic rings. The lowest BCUT2D eigenvalue weighted by Crippen LogP contribution is -2.69. The van der Waals surface area contributed by atoms with E-state index in [-0.39, 0.29) is 11.1 Å². The van der Waals surface area contributed by atoms with Gasteiger partial charge in [-0.3, -0.25) is 0 Å². The monoisotopic (exact) mass is 411 g/mol. The van der Waals surface area contributed by atoms with Crippen molar-refractivity contribution in [3.05, 3.63) is 66.2 Å². The first kappa shape index (κ1) is 19.3. The number of benzene rings is 2. The van der Waals surface area contributed by atoms with Crippen LogP contribution in [0.15, 0.2) is 70.6 Å². The molecule has 160 valence electrons. The maximum absolute atomic E-state index is 5.66. The van der Waals surface area contributed by atoms with Crippen molar-refractivity contribution in [2.24, 2.45) is 39.1 Å². The van der Waals surface area contributed by atoms with Crippen LogP contribution < -0.4 is 4.90 Å². The summed E-state index contributed by atoms with van der Waals surface area (Å²) in [5, 5.41) is 0. The average Bonchev–Trinajstić information content (AvgIpc) is 2.77. The smallest absolute Gasteiger partial charge is 0.159 e. The number of hydrogen-bond acceptors (Lipinski definition) is 3. The molecule has 3 heteroatoms. The van der Waals surface area contributed by atoms with Crippen LogP contribution in [0.2, 0.25) is 0 Å². The normalized spacial score (nSPS) is 34.1. The summed E-state index contributed by atoms with van der Waals surface area (Å²) in [4.78, 5) is 13.5. The largest absolute Gasteiger partial charge is 0.303 e. The maximum atomic E-state index is 5.66. The average molecular weight is 412 g/mol. The molecule has 4 aliphatic carbocycles. The fourth-order valence-corrected chi connectivity index (χ4v) is 7.12. The molecule has 0 amide bonds. The lowest BCUT2D eigenvalue weighted by molar-refractivity contribution is -0.0504. The van der Waals surface area contributed by atoms with Gasteiger partial charge in [-0.15, -0.1) is 0 Å². The molecule has 4 bridgehead atoms. The predicted molar refractivity (Wildman–Crippen MR) is 129 cm³/mol. The van der Waals surface area contributed by atoms with Gasteiger partial charge in [0.1, 0.15) is 11.5 Å². The van der Waals surface area contributed by atoms with Crippen molar-refractivity contribution in [2.45, 2.75) is 58.5 Å². The Morgan fingerprint density at radius 3 is 1.87 bits per heavy atom. The first-order valence-corrected chi connectivity index (χ1v) is 12.0. The first-order chi connectivity index (χ1) is 14.9. The number of para-hydroxylation sites is 1. The second kappa shape index (κ2) is 6.79. The standard InChI is InChI=1S/C28H33N3/c1-27(2,3)26-29-25(21-10-6-4-7-11-21)30-28(31(26)24-12-8-5-9-13-24)22-15-19-14-20(17-22)18-23(28)16-19/h4-13,19-20,22-23H,14-18H2,1-3H3. The van der Waals surface area contributed by atoms with Gasteiger partial charge < -0.3 is 4.90 Å². The molecule has 31 heavy (non-hydrogen) atoms. The van der Waals surface area contributed by atoms with Crippen LogP contribution >= 0.6 is 0 Å². The molecule has 2 aromatic carbocycles. The van der Waals surface area contributed by atoms with Gasteiger partial charge in [-0.25, -0.2) is 9.98 Å². The molecule has 0 unspecified atom stereocenters. The summed E-state index contributed by atoms with van der Waals surface area (Å²) in [6.07, 6.45) is 6.72. The summed E-state index contributed by atoms with van der Waals surface area (Å²) in [6, 6.07) is 21.6. The molecule has 0 N–H and O–H groups in total. The van der Waals surface area contributed by atoms with E-state index in [0.29, 0.717) is 11.8 Å². The minimum atomic E-state index is -0.204. The molecule has 0 aromatic heterocycles. The molecular weight excluding hydrogens is 378 g/mol. The SMILES string of the molecule is CC(C)(C)C1=NC(c2ccccc2)=NC2(C3CC4CC(C3)CC2C4)N1c1ccccc1. The van der Waals surface area contributed by atoms with E-state index in [2.05, 4.69) is 86.3 Å². The second-order valence-corrected chi connectivity index (χ2v) is 11.2. The molecule has 0 saturated heterocycles. The zero-order valence-corrected chi connectivity index (χ0v) is 19.0. The topological polar surface area (TPSA) is 28.0 Å². The fourth-order valence-electron chi connectivity index (χ4n) is 7.12. The Morgan fingerprint density at radius 2 is 1.32 bits per heavy atom. The van der Waals surface area contributed by atoms with Gasteiger partial charge >= 0.3 is 0 Å². The Kier molecular flexibility index (Phi) is 4.22. The molecule has 4 fully saturated rings. The van der Waals surface area contributed by atoms with Crippen LogP contribution in [-0.2, 0) is 0 Å². The summed E-state index contributed by atoms with van der Waals surface area (Å²) in [6.45, 7) is 6.92. The molecule has 0 radical (unpaired) electrons. The molecular formula is C28H33N3. The maximum Gasteiger partial charge on any atom is 0.159 e. The minimum absolute atomic E-state index is 0.0759. The van der Waals surface area contributed by atoms with Gasteiger partial charge in [0.15, 0.2) is 5.84 Å². The number of nitrogens with zero attached hydrogens (tertiary/aromatic N) is 3. The van der Waals surface area contributed by atoms with Crippen LogP contribution in [0, 0.1) is 29.1 Å².